The SMILES string of the molecule is C=C.CCSc1nc(NC(C)C)nc(NC(C)C)n1. The number of thioether (sulfide) groups is 1. The maximum atomic E-state index is 4.36. The maximum Gasteiger partial charge on any atom is 0.228 e. The lowest BCUT2D eigenvalue weighted by Crippen LogP contribution is -2.17. The molecule has 19 heavy (non-hydrogen) atoms. The van der Waals surface area contributed by atoms with Crippen molar-refractivity contribution in [3.63, 3.8) is 0 Å². The van der Waals surface area contributed by atoms with Crippen molar-refractivity contribution in [2.75, 3.05) is 16.4 Å². The van der Waals surface area contributed by atoms with Gasteiger partial charge in [0.2, 0.25) is 11.9 Å². The lowest BCUT2D eigenvalue weighted by atomic mass is 10.4. The lowest BCUT2D eigenvalue weighted by molar-refractivity contribution is 0.812. The van der Waals surface area contributed by atoms with Crippen LogP contribution in [-0.4, -0.2) is 32.8 Å². The van der Waals surface area contributed by atoms with Gasteiger partial charge < -0.3 is 10.6 Å². The highest BCUT2D eigenvalue weighted by molar-refractivity contribution is 7.99. The Morgan fingerprint density at radius 1 is 0.947 bits per heavy atom. The largest absolute Gasteiger partial charge is 0.352 e. The van der Waals surface area contributed by atoms with Crippen LogP contribution in [0.5, 0.6) is 0 Å². The molecule has 0 aliphatic rings. The van der Waals surface area contributed by atoms with Crippen LogP contribution >= 0.6 is 11.8 Å². The average molecular weight is 283 g/mol. The predicted molar refractivity (Wildman–Crippen MR) is 85.0 cm³/mol. The number of hydrogen-bond donors (Lipinski definition) is 2. The lowest BCUT2D eigenvalue weighted by Gasteiger charge is -2.12. The Hall–Kier alpha value is -1.30. The monoisotopic (exact) mass is 283 g/mol. The van der Waals surface area contributed by atoms with Gasteiger partial charge in [-0.05, 0) is 33.4 Å². The van der Waals surface area contributed by atoms with Gasteiger partial charge in [0.1, 0.15) is 0 Å². The van der Waals surface area contributed by atoms with Crippen LogP contribution in [0.2, 0.25) is 0 Å². The highest BCUT2D eigenvalue weighted by Gasteiger charge is 2.08. The zero-order valence-electron chi connectivity index (χ0n) is 12.5. The predicted octanol–water partition coefficient (Wildman–Crippen LogP) is 3.43. The molecule has 6 heteroatoms. The quantitative estimate of drug-likeness (QED) is 0.616. The molecule has 0 saturated heterocycles. The molecule has 0 aliphatic heterocycles. The first kappa shape index (κ1) is 17.7. The van der Waals surface area contributed by atoms with E-state index < -0.39 is 0 Å². The molecule has 0 bridgehead atoms. The molecule has 0 aliphatic carbocycles. The summed E-state index contributed by atoms with van der Waals surface area (Å²) in [5.41, 5.74) is 0. The molecule has 1 aromatic heterocycles. The third-order valence-electron chi connectivity index (χ3n) is 1.72. The van der Waals surface area contributed by atoms with Gasteiger partial charge in [0.25, 0.3) is 0 Å². The smallest absolute Gasteiger partial charge is 0.228 e. The fourth-order valence-electron chi connectivity index (χ4n) is 1.20. The van der Waals surface area contributed by atoms with E-state index in [4.69, 9.17) is 0 Å². The fourth-order valence-corrected chi connectivity index (χ4v) is 1.76. The Morgan fingerprint density at radius 2 is 1.37 bits per heavy atom. The fraction of sp³-hybridized carbons (Fsp3) is 0.615. The van der Waals surface area contributed by atoms with Crippen molar-refractivity contribution in [1.82, 2.24) is 15.0 Å². The van der Waals surface area contributed by atoms with Crippen LogP contribution in [0.15, 0.2) is 18.3 Å². The van der Waals surface area contributed by atoms with Crippen molar-refractivity contribution in [3.05, 3.63) is 13.2 Å². The van der Waals surface area contributed by atoms with Crippen LogP contribution in [0.25, 0.3) is 0 Å². The van der Waals surface area contributed by atoms with E-state index in [0.29, 0.717) is 24.0 Å². The molecule has 1 rings (SSSR count). The van der Waals surface area contributed by atoms with Crippen molar-refractivity contribution in [2.45, 2.75) is 51.9 Å². The van der Waals surface area contributed by atoms with E-state index in [0.717, 1.165) is 10.9 Å². The molecule has 1 aromatic rings. The first-order valence-electron chi connectivity index (χ1n) is 6.43. The molecule has 0 atom stereocenters. The molecule has 0 aromatic carbocycles. The Kier molecular flexibility index (Phi) is 8.95. The molecular formula is C13H25N5S. The average Bonchev–Trinajstić information content (AvgIpc) is 2.29. The highest BCUT2D eigenvalue weighted by atomic mass is 32.2. The third-order valence-corrected chi connectivity index (χ3v) is 2.45. The minimum Gasteiger partial charge on any atom is -0.352 e. The van der Waals surface area contributed by atoms with Gasteiger partial charge >= 0.3 is 0 Å². The molecular weight excluding hydrogens is 258 g/mol. The molecule has 0 saturated carbocycles. The summed E-state index contributed by atoms with van der Waals surface area (Å²) in [6, 6.07) is 0.618. The van der Waals surface area contributed by atoms with E-state index in [9.17, 15) is 0 Å². The summed E-state index contributed by atoms with van der Waals surface area (Å²) in [4.78, 5) is 13.1. The summed E-state index contributed by atoms with van der Waals surface area (Å²) >= 11 is 1.62. The van der Waals surface area contributed by atoms with Crippen LogP contribution in [-0.2, 0) is 0 Å². The molecule has 2 N–H and O–H groups in total. The van der Waals surface area contributed by atoms with Gasteiger partial charge in [-0.25, -0.2) is 0 Å². The van der Waals surface area contributed by atoms with Gasteiger partial charge in [-0.2, -0.15) is 15.0 Å². The van der Waals surface area contributed by atoms with Crippen molar-refractivity contribution >= 4 is 23.7 Å². The van der Waals surface area contributed by atoms with E-state index in [2.05, 4.69) is 73.4 Å². The standard InChI is InChI=1S/C11H21N5S.C2H4/c1-6-17-11-15-9(12-7(2)3)14-10(16-11)13-8(4)5;1-2/h7-8H,6H2,1-5H3,(H2,12,13,14,15,16);1-2H2. The summed E-state index contributed by atoms with van der Waals surface area (Å²) < 4.78 is 0. The second-order valence-electron chi connectivity index (χ2n) is 4.30. The molecule has 0 spiro atoms. The van der Waals surface area contributed by atoms with Gasteiger partial charge in [0.15, 0.2) is 5.16 Å². The van der Waals surface area contributed by atoms with Gasteiger partial charge in [0.05, 0.1) is 0 Å². The third kappa shape index (κ3) is 7.66. The summed E-state index contributed by atoms with van der Waals surface area (Å²) in [6.45, 7) is 16.3. The number of hydrogen-bond acceptors (Lipinski definition) is 6. The first-order valence-corrected chi connectivity index (χ1v) is 7.41. The van der Waals surface area contributed by atoms with E-state index in [-0.39, 0.29) is 0 Å². The number of anilines is 2. The zero-order valence-corrected chi connectivity index (χ0v) is 13.3. The van der Waals surface area contributed by atoms with E-state index >= 15 is 0 Å². The molecule has 108 valence electrons. The van der Waals surface area contributed by atoms with E-state index in [1.807, 2.05) is 0 Å². The van der Waals surface area contributed by atoms with Crippen LogP contribution in [0.1, 0.15) is 34.6 Å². The summed E-state index contributed by atoms with van der Waals surface area (Å²) in [5, 5.41) is 7.16. The summed E-state index contributed by atoms with van der Waals surface area (Å²) in [7, 11) is 0. The Labute approximate surface area is 120 Å². The Balaban J connectivity index is 0.00000154. The number of nitrogens with one attached hydrogen (secondary N) is 2. The Morgan fingerprint density at radius 3 is 1.68 bits per heavy atom. The van der Waals surface area contributed by atoms with Crippen LogP contribution < -0.4 is 10.6 Å². The molecule has 1 heterocycles. The van der Waals surface area contributed by atoms with Crippen molar-refractivity contribution in [2.24, 2.45) is 0 Å². The number of rotatable bonds is 6. The van der Waals surface area contributed by atoms with Gasteiger partial charge in [-0.1, -0.05) is 18.7 Å². The van der Waals surface area contributed by atoms with E-state index in [1.165, 1.54) is 0 Å². The minimum atomic E-state index is 0.309. The number of nitrogens with zero attached hydrogens (tertiary/aromatic N) is 3. The second-order valence-corrected chi connectivity index (χ2v) is 5.53. The normalized spacial score (nSPS) is 10.1. The highest BCUT2D eigenvalue weighted by Crippen LogP contribution is 2.16. The van der Waals surface area contributed by atoms with Gasteiger partial charge in [0, 0.05) is 12.1 Å². The first-order chi connectivity index (χ1) is 9.01. The van der Waals surface area contributed by atoms with E-state index in [1.54, 1.807) is 11.8 Å². The van der Waals surface area contributed by atoms with Gasteiger partial charge in [-0.3, -0.25) is 0 Å². The van der Waals surface area contributed by atoms with Crippen LogP contribution in [0.3, 0.4) is 0 Å². The Bertz CT molecular complexity index is 340. The van der Waals surface area contributed by atoms with Crippen LogP contribution in [0.4, 0.5) is 11.9 Å². The number of aromatic nitrogens is 3. The maximum absolute atomic E-state index is 4.36. The molecule has 0 radical (unpaired) electrons. The molecule has 0 amide bonds. The second kappa shape index (κ2) is 9.61. The zero-order chi connectivity index (χ0) is 14.8. The van der Waals surface area contributed by atoms with Gasteiger partial charge in [-0.15, -0.1) is 13.2 Å². The van der Waals surface area contributed by atoms with Crippen molar-refractivity contribution in [1.29, 1.82) is 0 Å². The summed E-state index contributed by atoms with van der Waals surface area (Å²) in [6.07, 6.45) is 0. The summed E-state index contributed by atoms with van der Waals surface area (Å²) in [5.74, 6) is 2.22. The van der Waals surface area contributed by atoms with Crippen molar-refractivity contribution in [3.8, 4) is 0 Å². The molecule has 0 fully saturated rings. The van der Waals surface area contributed by atoms with Crippen molar-refractivity contribution < 1.29 is 0 Å². The molecule has 0 unspecified atom stereocenters. The molecule has 5 nitrogen and oxygen atoms in total. The van der Waals surface area contributed by atoms with Crippen LogP contribution in [0, 0.1) is 0 Å². The topological polar surface area (TPSA) is 62.7 Å². The minimum absolute atomic E-state index is 0.309.